The van der Waals surface area contributed by atoms with Crippen molar-refractivity contribution in [1.29, 1.82) is 0 Å². The summed E-state index contributed by atoms with van der Waals surface area (Å²) in [6.07, 6.45) is 1.56. The van der Waals surface area contributed by atoms with Gasteiger partial charge in [0.2, 0.25) is 5.91 Å². The van der Waals surface area contributed by atoms with E-state index in [1.165, 1.54) is 0 Å². The molecule has 0 rings (SSSR count). The van der Waals surface area contributed by atoms with Crippen LogP contribution in [0.4, 0.5) is 0 Å². The van der Waals surface area contributed by atoms with E-state index in [1.807, 2.05) is 13.8 Å². The van der Waals surface area contributed by atoms with Gasteiger partial charge in [-0.2, -0.15) is 0 Å². The second-order valence-electron chi connectivity index (χ2n) is 4.34. The number of carbonyl (C=O) groups excluding carboxylic acids is 1. The van der Waals surface area contributed by atoms with E-state index in [2.05, 4.69) is 5.32 Å². The second-order valence-corrected chi connectivity index (χ2v) is 4.34. The molecule has 4 N–H and O–H groups in total. The molecule has 0 heterocycles. The summed E-state index contributed by atoms with van der Waals surface area (Å²) in [5.74, 6) is -0.911. The number of amides is 1. The number of carboxylic acid groups (broad SMARTS) is 1. The van der Waals surface area contributed by atoms with Gasteiger partial charge in [0, 0.05) is 24.9 Å². The van der Waals surface area contributed by atoms with Crippen LogP contribution in [0.25, 0.3) is 0 Å². The van der Waals surface area contributed by atoms with Gasteiger partial charge in [-0.15, -0.1) is 0 Å². The molecule has 15 heavy (non-hydrogen) atoms. The largest absolute Gasteiger partial charge is 0.481 e. The van der Waals surface area contributed by atoms with Crippen LogP contribution in [0.5, 0.6) is 0 Å². The fourth-order valence-corrected chi connectivity index (χ4v) is 0.992. The molecule has 0 saturated heterocycles. The van der Waals surface area contributed by atoms with Crippen molar-refractivity contribution in [3.63, 3.8) is 0 Å². The van der Waals surface area contributed by atoms with Crippen molar-refractivity contribution < 1.29 is 14.7 Å². The van der Waals surface area contributed by atoms with Crippen molar-refractivity contribution >= 4 is 11.9 Å². The molecule has 0 fully saturated rings. The Morgan fingerprint density at radius 2 is 1.93 bits per heavy atom. The SMILES string of the molecule is CC(C)(N)CCC(=O)NCCCC(=O)O. The molecule has 0 radical (unpaired) electrons. The Labute approximate surface area is 90.0 Å². The Morgan fingerprint density at radius 1 is 1.33 bits per heavy atom. The lowest BCUT2D eigenvalue weighted by molar-refractivity contribution is -0.137. The van der Waals surface area contributed by atoms with Gasteiger partial charge in [0.15, 0.2) is 0 Å². The molecule has 0 atom stereocenters. The monoisotopic (exact) mass is 216 g/mol. The normalized spacial score (nSPS) is 11.1. The molecule has 5 nitrogen and oxygen atoms in total. The zero-order valence-electron chi connectivity index (χ0n) is 9.38. The fourth-order valence-electron chi connectivity index (χ4n) is 0.992. The lowest BCUT2D eigenvalue weighted by Crippen LogP contribution is -2.34. The number of carboxylic acids is 1. The first kappa shape index (κ1) is 13.9. The number of aliphatic carboxylic acids is 1. The summed E-state index contributed by atoms with van der Waals surface area (Å²) < 4.78 is 0. The first-order chi connectivity index (χ1) is 6.81. The third kappa shape index (κ3) is 10.8. The molecule has 0 unspecified atom stereocenters. The van der Waals surface area contributed by atoms with Gasteiger partial charge in [0.05, 0.1) is 0 Å². The van der Waals surface area contributed by atoms with E-state index >= 15 is 0 Å². The zero-order chi connectivity index (χ0) is 11.9. The molecule has 0 spiro atoms. The van der Waals surface area contributed by atoms with Crippen molar-refractivity contribution in [2.75, 3.05) is 6.54 Å². The smallest absolute Gasteiger partial charge is 0.303 e. The Morgan fingerprint density at radius 3 is 2.40 bits per heavy atom. The molecule has 0 aromatic carbocycles. The molecule has 0 aliphatic carbocycles. The minimum Gasteiger partial charge on any atom is -0.481 e. The van der Waals surface area contributed by atoms with Gasteiger partial charge in [-0.3, -0.25) is 9.59 Å². The first-order valence-corrected chi connectivity index (χ1v) is 5.08. The highest BCUT2D eigenvalue weighted by Gasteiger charge is 2.12. The summed E-state index contributed by atoms with van der Waals surface area (Å²) in [5, 5.41) is 11.0. The number of hydrogen-bond donors (Lipinski definition) is 3. The highest BCUT2D eigenvalue weighted by Crippen LogP contribution is 2.06. The molecule has 0 aliphatic heterocycles. The van der Waals surface area contributed by atoms with Gasteiger partial charge in [-0.25, -0.2) is 0 Å². The van der Waals surface area contributed by atoms with Crippen molar-refractivity contribution in [3.8, 4) is 0 Å². The lowest BCUT2D eigenvalue weighted by atomic mass is 10.00. The molecule has 88 valence electrons. The zero-order valence-corrected chi connectivity index (χ0v) is 9.38. The van der Waals surface area contributed by atoms with E-state index in [9.17, 15) is 9.59 Å². The summed E-state index contributed by atoms with van der Waals surface area (Å²) in [6, 6.07) is 0. The van der Waals surface area contributed by atoms with Crippen LogP contribution >= 0.6 is 0 Å². The van der Waals surface area contributed by atoms with E-state index in [0.29, 0.717) is 25.8 Å². The minimum absolute atomic E-state index is 0.0705. The fraction of sp³-hybridized carbons (Fsp3) is 0.800. The summed E-state index contributed by atoms with van der Waals surface area (Å²) in [6.45, 7) is 4.14. The topological polar surface area (TPSA) is 92.4 Å². The second kappa shape index (κ2) is 6.40. The summed E-state index contributed by atoms with van der Waals surface area (Å²) >= 11 is 0. The maximum atomic E-state index is 11.2. The molecule has 0 aliphatic rings. The van der Waals surface area contributed by atoms with E-state index < -0.39 is 5.97 Å². The Balaban J connectivity index is 3.46. The molecular weight excluding hydrogens is 196 g/mol. The predicted octanol–water partition coefficient (Wildman–Crippen LogP) is 0.485. The molecular formula is C10H20N2O3. The van der Waals surface area contributed by atoms with E-state index in [1.54, 1.807) is 0 Å². The van der Waals surface area contributed by atoms with Gasteiger partial charge in [0.1, 0.15) is 0 Å². The van der Waals surface area contributed by atoms with Gasteiger partial charge < -0.3 is 16.2 Å². The van der Waals surface area contributed by atoms with Crippen molar-refractivity contribution in [1.82, 2.24) is 5.32 Å². The van der Waals surface area contributed by atoms with Gasteiger partial charge in [-0.1, -0.05) is 0 Å². The van der Waals surface area contributed by atoms with Gasteiger partial charge >= 0.3 is 5.97 Å². The van der Waals surface area contributed by atoms with Crippen LogP contribution in [-0.4, -0.2) is 29.1 Å². The van der Waals surface area contributed by atoms with Crippen LogP contribution in [-0.2, 0) is 9.59 Å². The van der Waals surface area contributed by atoms with Crippen LogP contribution in [0.1, 0.15) is 39.5 Å². The number of hydrogen-bond acceptors (Lipinski definition) is 3. The Bertz CT molecular complexity index is 221. The van der Waals surface area contributed by atoms with Crippen LogP contribution in [0.2, 0.25) is 0 Å². The van der Waals surface area contributed by atoms with Crippen LogP contribution in [0.3, 0.4) is 0 Å². The number of nitrogens with one attached hydrogen (secondary N) is 1. The highest BCUT2D eigenvalue weighted by atomic mass is 16.4. The Kier molecular flexibility index (Phi) is 5.93. The highest BCUT2D eigenvalue weighted by molar-refractivity contribution is 5.76. The molecule has 5 heteroatoms. The van der Waals surface area contributed by atoms with Crippen molar-refractivity contribution in [3.05, 3.63) is 0 Å². The van der Waals surface area contributed by atoms with Crippen LogP contribution in [0, 0.1) is 0 Å². The number of carbonyl (C=O) groups is 2. The third-order valence-electron chi connectivity index (χ3n) is 1.89. The standard InChI is InChI=1S/C10H20N2O3/c1-10(2,11)6-5-8(13)12-7-3-4-9(14)15/h3-7,11H2,1-2H3,(H,12,13)(H,14,15). The molecule has 1 amide bonds. The average Bonchev–Trinajstić information content (AvgIpc) is 2.07. The maximum absolute atomic E-state index is 11.2. The molecule has 0 aromatic rings. The molecule has 0 bridgehead atoms. The van der Waals surface area contributed by atoms with E-state index in [4.69, 9.17) is 10.8 Å². The minimum atomic E-state index is -0.840. The van der Waals surface area contributed by atoms with Gasteiger partial charge in [-0.05, 0) is 26.7 Å². The average molecular weight is 216 g/mol. The molecule has 0 aromatic heterocycles. The quantitative estimate of drug-likeness (QED) is 0.540. The van der Waals surface area contributed by atoms with E-state index in [-0.39, 0.29) is 17.9 Å². The summed E-state index contributed by atoms with van der Waals surface area (Å²) in [5.41, 5.74) is 5.39. The number of nitrogens with two attached hydrogens (primary N) is 1. The first-order valence-electron chi connectivity index (χ1n) is 5.08. The lowest BCUT2D eigenvalue weighted by Gasteiger charge is -2.17. The maximum Gasteiger partial charge on any atom is 0.303 e. The number of rotatable bonds is 7. The van der Waals surface area contributed by atoms with Crippen LogP contribution < -0.4 is 11.1 Å². The van der Waals surface area contributed by atoms with Crippen molar-refractivity contribution in [2.24, 2.45) is 5.73 Å². The van der Waals surface area contributed by atoms with E-state index in [0.717, 1.165) is 0 Å². The van der Waals surface area contributed by atoms with Crippen LogP contribution in [0.15, 0.2) is 0 Å². The third-order valence-corrected chi connectivity index (χ3v) is 1.89. The van der Waals surface area contributed by atoms with Crippen molar-refractivity contribution in [2.45, 2.75) is 45.1 Å². The predicted molar refractivity (Wildman–Crippen MR) is 57.4 cm³/mol. The van der Waals surface area contributed by atoms with Gasteiger partial charge in [0.25, 0.3) is 0 Å². The summed E-state index contributed by atoms with van der Waals surface area (Å²) in [7, 11) is 0. The summed E-state index contributed by atoms with van der Waals surface area (Å²) in [4.78, 5) is 21.4. The molecule has 0 saturated carbocycles. The Hall–Kier alpha value is -1.10.